The smallest absolute Gasteiger partial charge is 0.315 e. The number of carbonyl (C=O) groups is 2. The monoisotopic (exact) mass is 400 g/mol. The molecular formula is C10H10Br2O3S2. The first kappa shape index (κ1) is 15.2. The Morgan fingerprint density at radius 1 is 1.41 bits per heavy atom. The number of thioether (sulfide) groups is 1. The molecule has 1 aromatic heterocycles. The van der Waals surface area contributed by atoms with Crippen LogP contribution in [0, 0.1) is 0 Å². The lowest BCUT2D eigenvalue weighted by molar-refractivity contribution is -0.139. The van der Waals surface area contributed by atoms with Gasteiger partial charge >= 0.3 is 5.97 Å². The summed E-state index contributed by atoms with van der Waals surface area (Å²) in [6.45, 7) is 2.13. The molecule has 0 aromatic carbocycles. The molecule has 0 aliphatic rings. The quantitative estimate of drug-likeness (QED) is 0.537. The van der Waals surface area contributed by atoms with E-state index in [1.807, 2.05) is 0 Å². The predicted octanol–water partition coefficient (Wildman–Crippen LogP) is 3.75. The van der Waals surface area contributed by atoms with Crippen molar-refractivity contribution in [2.75, 3.05) is 18.1 Å². The molecule has 94 valence electrons. The van der Waals surface area contributed by atoms with Crippen molar-refractivity contribution in [2.45, 2.75) is 6.92 Å². The molecule has 0 spiro atoms. The van der Waals surface area contributed by atoms with Crippen LogP contribution in [0.1, 0.15) is 17.3 Å². The number of ketones is 1. The third-order valence-corrected chi connectivity index (χ3v) is 4.96. The minimum absolute atomic E-state index is 0.00752. The fourth-order valence-corrected chi connectivity index (χ4v) is 4.59. The molecule has 3 nitrogen and oxygen atoms in total. The van der Waals surface area contributed by atoms with Crippen LogP contribution in [0.2, 0.25) is 0 Å². The zero-order valence-electron chi connectivity index (χ0n) is 9.00. The number of thiophene rings is 1. The molecule has 0 fully saturated rings. The van der Waals surface area contributed by atoms with Crippen LogP contribution < -0.4 is 0 Å². The lowest BCUT2D eigenvalue weighted by atomic mass is 10.2. The zero-order valence-corrected chi connectivity index (χ0v) is 13.8. The SMILES string of the molecule is CCOC(=O)CSCC(=O)c1cc(Br)sc1Br. The molecule has 0 amide bonds. The van der Waals surface area contributed by atoms with E-state index in [0.717, 1.165) is 7.57 Å². The van der Waals surface area contributed by atoms with Gasteiger partial charge in [-0.25, -0.2) is 0 Å². The van der Waals surface area contributed by atoms with Crippen LogP contribution in [0.3, 0.4) is 0 Å². The minimum Gasteiger partial charge on any atom is -0.465 e. The molecule has 1 aromatic rings. The number of ether oxygens (including phenoxy) is 1. The van der Waals surface area contributed by atoms with E-state index >= 15 is 0 Å². The average molecular weight is 402 g/mol. The lowest BCUT2D eigenvalue weighted by Gasteiger charge is -2.01. The van der Waals surface area contributed by atoms with E-state index in [-0.39, 0.29) is 23.3 Å². The van der Waals surface area contributed by atoms with Gasteiger partial charge in [0.1, 0.15) is 0 Å². The highest BCUT2D eigenvalue weighted by Crippen LogP contribution is 2.32. The fourth-order valence-electron chi connectivity index (χ4n) is 1.04. The third-order valence-electron chi connectivity index (χ3n) is 1.72. The Morgan fingerprint density at radius 2 is 2.12 bits per heavy atom. The third kappa shape index (κ3) is 5.11. The fraction of sp³-hybridized carbons (Fsp3) is 0.400. The lowest BCUT2D eigenvalue weighted by Crippen LogP contribution is -2.09. The molecule has 0 aliphatic carbocycles. The second-order valence-corrected chi connectivity index (χ2v) is 7.69. The zero-order chi connectivity index (χ0) is 12.8. The van der Waals surface area contributed by atoms with E-state index < -0.39 is 0 Å². The number of halogens is 2. The van der Waals surface area contributed by atoms with Gasteiger partial charge in [-0.15, -0.1) is 23.1 Å². The second kappa shape index (κ2) is 7.56. The summed E-state index contributed by atoms with van der Waals surface area (Å²) in [6.07, 6.45) is 0. The molecule has 17 heavy (non-hydrogen) atoms. The Kier molecular flexibility index (Phi) is 6.76. The summed E-state index contributed by atoms with van der Waals surface area (Å²) < 4.78 is 6.49. The molecule has 0 saturated carbocycles. The first-order valence-electron chi connectivity index (χ1n) is 4.76. The van der Waals surface area contributed by atoms with E-state index in [4.69, 9.17) is 4.74 Å². The van der Waals surface area contributed by atoms with Crippen molar-refractivity contribution < 1.29 is 14.3 Å². The molecule has 1 heterocycles. The van der Waals surface area contributed by atoms with E-state index in [9.17, 15) is 9.59 Å². The maximum absolute atomic E-state index is 11.8. The van der Waals surface area contributed by atoms with Crippen LogP contribution in [0.4, 0.5) is 0 Å². The number of hydrogen-bond acceptors (Lipinski definition) is 5. The van der Waals surface area contributed by atoms with Crippen molar-refractivity contribution >= 4 is 66.7 Å². The normalized spacial score (nSPS) is 10.3. The summed E-state index contributed by atoms with van der Waals surface area (Å²) in [5, 5.41) is 0. The van der Waals surface area contributed by atoms with Crippen LogP contribution in [0.25, 0.3) is 0 Å². The molecular weight excluding hydrogens is 392 g/mol. The van der Waals surface area contributed by atoms with Gasteiger partial charge < -0.3 is 4.74 Å². The van der Waals surface area contributed by atoms with Crippen molar-refractivity contribution in [1.29, 1.82) is 0 Å². The largest absolute Gasteiger partial charge is 0.465 e. The summed E-state index contributed by atoms with van der Waals surface area (Å²) in [5.74, 6) is 0.215. The standard InChI is InChI=1S/C10H10Br2O3S2/c1-2-15-9(14)5-16-4-7(13)6-3-8(11)17-10(6)12/h3H,2,4-5H2,1H3. The predicted molar refractivity (Wildman–Crippen MR) is 78.0 cm³/mol. The van der Waals surface area contributed by atoms with Gasteiger partial charge in [0.15, 0.2) is 5.78 Å². The van der Waals surface area contributed by atoms with Gasteiger partial charge in [0, 0.05) is 5.56 Å². The Balaban J connectivity index is 2.40. The molecule has 0 unspecified atom stereocenters. The van der Waals surface area contributed by atoms with Crippen molar-refractivity contribution in [3.8, 4) is 0 Å². The first-order valence-corrected chi connectivity index (χ1v) is 8.31. The molecule has 0 N–H and O–H groups in total. The molecule has 0 saturated heterocycles. The molecule has 0 radical (unpaired) electrons. The first-order chi connectivity index (χ1) is 8.04. The molecule has 1 rings (SSSR count). The summed E-state index contributed by atoms with van der Waals surface area (Å²) in [6, 6.07) is 1.78. The molecule has 7 heteroatoms. The maximum Gasteiger partial charge on any atom is 0.315 e. The Labute approximate surface area is 125 Å². The van der Waals surface area contributed by atoms with Gasteiger partial charge in [-0.1, -0.05) is 0 Å². The highest BCUT2D eigenvalue weighted by atomic mass is 79.9. The van der Waals surface area contributed by atoms with Gasteiger partial charge in [-0.3, -0.25) is 9.59 Å². The Morgan fingerprint density at radius 3 is 2.65 bits per heavy atom. The molecule has 0 atom stereocenters. The van der Waals surface area contributed by atoms with Crippen molar-refractivity contribution in [3.05, 3.63) is 19.2 Å². The van der Waals surface area contributed by atoms with Gasteiger partial charge in [-0.2, -0.15) is 0 Å². The summed E-state index contributed by atoms with van der Waals surface area (Å²) in [7, 11) is 0. The number of carbonyl (C=O) groups excluding carboxylic acids is 2. The highest BCUT2D eigenvalue weighted by molar-refractivity contribution is 9.12. The summed E-state index contributed by atoms with van der Waals surface area (Å²) in [4.78, 5) is 22.9. The molecule has 0 bridgehead atoms. The summed E-state index contributed by atoms with van der Waals surface area (Å²) in [5.41, 5.74) is 0.651. The minimum atomic E-state index is -0.282. The number of hydrogen-bond donors (Lipinski definition) is 0. The van der Waals surface area contributed by atoms with Crippen LogP contribution in [0.5, 0.6) is 0 Å². The number of esters is 1. The van der Waals surface area contributed by atoms with Crippen molar-refractivity contribution in [3.63, 3.8) is 0 Å². The molecule has 0 aliphatic heterocycles. The van der Waals surface area contributed by atoms with E-state index in [0.29, 0.717) is 12.2 Å². The average Bonchev–Trinajstić information content (AvgIpc) is 2.58. The van der Waals surface area contributed by atoms with Crippen LogP contribution in [-0.4, -0.2) is 29.9 Å². The van der Waals surface area contributed by atoms with Gasteiger partial charge in [0.05, 0.1) is 25.7 Å². The second-order valence-electron chi connectivity index (χ2n) is 2.96. The van der Waals surface area contributed by atoms with E-state index in [2.05, 4.69) is 31.9 Å². The highest BCUT2D eigenvalue weighted by Gasteiger charge is 2.14. The number of Topliss-reactive ketones (excluding diaryl/α,β-unsaturated/α-hetero) is 1. The maximum atomic E-state index is 11.8. The van der Waals surface area contributed by atoms with E-state index in [1.165, 1.54) is 23.1 Å². The van der Waals surface area contributed by atoms with Crippen molar-refractivity contribution in [2.24, 2.45) is 0 Å². The Hall–Kier alpha value is 0.150. The van der Waals surface area contributed by atoms with Gasteiger partial charge in [0.25, 0.3) is 0 Å². The van der Waals surface area contributed by atoms with E-state index in [1.54, 1.807) is 13.0 Å². The summed E-state index contributed by atoms with van der Waals surface area (Å²) >= 11 is 9.37. The van der Waals surface area contributed by atoms with Crippen LogP contribution in [0.15, 0.2) is 13.6 Å². The van der Waals surface area contributed by atoms with Crippen molar-refractivity contribution in [1.82, 2.24) is 0 Å². The van der Waals surface area contributed by atoms with Crippen LogP contribution in [-0.2, 0) is 9.53 Å². The van der Waals surface area contributed by atoms with Gasteiger partial charge in [0.2, 0.25) is 0 Å². The topological polar surface area (TPSA) is 43.4 Å². The Bertz CT molecular complexity index is 418. The number of rotatable bonds is 6. The van der Waals surface area contributed by atoms with Gasteiger partial charge in [-0.05, 0) is 44.8 Å². The van der Waals surface area contributed by atoms with Crippen LogP contribution >= 0.6 is 55.0 Å².